The zero-order chi connectivity index (χ0) is 17.4. The van der Waals surface area contributed by atoms with Crippen molar-refractivity contribution < 1.29 is 14.3 Å². The van der Waals surface area contributed by atoms with Gasteiger partial charge in [-0.1, -0.05) is 43.3 Å². The lowest BCUT2D eigenvalue weighted by molar-refractivity contribution is -0.117. The van der Waals surface area contributed by atoms with Crippen LogP contribution >= 0.6 is 0 Å². The number of ether oxygens (including phenoxy) is 2. The molecule has 0 aliphatic heterocycles. The fourth-order valence-electron chi connectivity index (χ4n) is 2.45. The van der Waals surface area contributed by atoms with Gasteiger partial charge >= 0.3 is 0 Å². The van der Waals surface area contributed by atoms with Gasteiger partial charge in [0.1, 0.15) is 0 Å². The Bertz CT molecular complexity index is 695. The van der Waals surface area contributed by atoms with Crippen molar-refractivity contribution in [3.63, 3.8) is 0 Å². The Morgan fingerprint density at radius 2 is 1.79 bits per heavy atom. The number of amides is 1. The molecule has 0 fully saturated rings. The van der Waals surface area contributed by atoms with Crippen LogP contribution in [0, 0.1) is 0 Å². The quantitative estimate of drug-likeness (QED) is 0.783. The maximum absolute atomic E-state index is 12.2. The Balaban J connectivity index is 2.08. The van der Waals surface area contributed by atoms with Crippen LogP contribution in [0.15, 0.2) is 54.6 Å². The maximum Gasteiger partial charge on any atom is 0.244 e. The van der Waals surface area contributed by atoms with Crippen LogP contribution in [0.2, 0.25) is 0 Å². The number of hydrogen-bond donors (Lipinski definition) is 1. The van der Waals surface area contributed by atoms with Gasteiger partial charge in [-0.15, -0.1) is 0 Å². The number of hydrogen-bond acceptors (Lipinski definition) is 3. The normalized spacial score (nSPS) is 12.0. The summed E-state index contributed by atoms with van der Waals surface area (Å²) in [5, 5.41) is 3.02. The van der Waals surface area contributed by atoms with Crippen LogP contribution in [0.3, 0.4) is 0 Å². The van der Waals surface area contributed by atoms with Gasteiger partial charge in [-0.2, -0.15) is 0 Å². The average molecular weight is 325 g/mol. The molecule has 0 saturated carbocycles. The molecule has 0 aliphatic carbocycles. The first kappa shape index (κ1) is 17.6. The van der Waals surface area contributed by atoms with E-state index in [0.29, 0.717) is 11.5 Å². The predicted octanol–water partition coefficient (Wildman–Crippen LogP) is 3.98. The molecule has 0 aliphatic rings. The second kappa shape index (κ2) is 8.77. The Morgan fingerprint density at radius 1 is 1.08 bits per heavy atom. The molecule has 126 valence electrons. The van der Waals surface area contributed by atoms with Gasteiger partial charge in [0.15, 0.2) is 11.5 Å². The number of nitrogens with one attached hydrogen (secondary N) is 1. The zero-order valence-corrected chi connectivity index (χ0v) is 14.3. The summed E-state index contributed by atoms with van der Waals surface area (Å²) < 4.78 is 10.6. The number of carbonyl (C=O) groups excluding carboxylic acids is 1. The lowest BCUT2D eigenvalue weighted by Crippen LogP contribution is -2.26. The highest BCUT2D eigenvalue weighted by molar-refractivity contribution is 5.92. The Morgan fingerprint density at radius 3 is 2.42 bits per heavy atom. The molecule has 4 nitrogen and oxygen atoms in total. The number of rotatable bonds is 7. The lowest BCUT2D eigenvalue weighted by Gasteiger charge is -2.18. The van der Waals surface area contributed by atoms with Crippen LogP contribution in [0.4, 0.5) is 0 Å². The molecule has 1 N–H and O–H groups in total. The van der Waals surface area contributed by atoms with Gasteiger partial charge < -0.3 is 14.8 Å². The van der Waals surface area contributed by atoms with E-state index in [9.17, 15) is 4.79 Å². The molecular formula is C20H23NO3. The molecule has 2 aromatic rings. The van der Waals surface area contributed by atoms with E-state index in [4.69, 9.17) is 9.47 Å². The summed E-state index contributed by atoms with van der Waals surface area (Å²) in [5.74, 6) is 1.20. The summed E-state index contributed by atoms with van der Waals surface area (Å²) >= 11 is 0. The highest BCUT2D eigenvalue weighted by atomic mass is 16.5. The molecule has 2 aromatic carbocycles. The highest BCUT2D eigenvalue weighted by Crippen LogP contribution is 2.30. The molecular weight excluding hydrogens is 302 g/mol. The van der Waals surface area contributed by atoms with Crippen LogP contribution in [0.25, 0.3) is 6.08 Å². The summed E-state index contributed by atoms with van der Waals surface area (Å²) in [6, 6.07) is 15.3. The van der Waals surface area contributed by atoms with E-state index in [1.807, 2.05) is 55.5 Å². The topological polar surface area (TPSA) is 47.6 Å². The van der Waals surface area contributed by atoms with Crippen molar-refractivity contribution in [2.45, 2.75) is 19.4 Å². The maximum atomic E-state index is 12.2. The minimum Gasteiger partial charge on any atom is -0.493 e. The van der Waals surface area contributed by atoms with Crippen LogP contribution in [-0.4, -0.2) is 20.1 Å². The Hall–Kier alpha value is -2.75. The van der Waals surface area contributed by atoms with Crippen molar-refractivity contribution in [2.75, 3.05) is 14.2 Å². The molecule has 0 radical (unpaired) electrons. The average Bonchev–Trinajstić information content (AvgIpc) is 2.64. The highest BCUT2D eigenvalue weighted by Gasteiger charge is 2.14. The summed E-state index contributed by atoms with van der Waals surface area (Å²) in [6.07, 6.45) is 4.13. The van der Waals surface area contributed by atoms with E-state index in [2.05, 4.69) is 5.32 Å². The van der Waals surface area contributed by atoms with Crippen molar-refractivity contribution in [1.82, 2.24) is 5.32 Å². The molecule has 24 heavy (non-hydrogen) atoms. The van der Waals surface area contributed by atoms with E-state index < -0.39 is 0 Å². The molecule has 0 spiro atoms. The third-order valence-electron chi connectivity index (χ3n) is 3.76. The number of benzene rings is 2. The van der Waals surface area contributed by atoms with Crippen LogP contribution in [0.5, 0.6) is 11.5 Å². The monoisotopic (exact) mass is 325 g/mol. The predicted molar refractivity (Wildman–Crippen MR) is 96.2 cm³/mol. The van der Waals surface area contributed by atoms with Gasteiger partial charge in [-0.25, -0.2) is 0 Å². The number of methoxy groups -OCH3 is 2. The minimum atomic E-state index is -0.125. The van der Waals surface area contributed by atoms with Gasteiger partial charge in [0.25, 0.3) is 0 Å². The molecule has 0 bridgehead atoms. The molecule has 1 amide bonds. The van der Waals surface area contributed by atoms with E-state index >= 15 is 0 Å². The number of carbonyl (C=O) groups is 1. The van der Waals surface area contributed by atoms with Gasteiger partial charge in [-0.05, 0) is 35.8 Å². The van der Waals surface area contributed by atoms with Gasteiger partial charge in [-0.3, -0.25) is 4.79 Å². The summed E-state index contributed by atoms with van der Waals surface area (Å²) in [6.45, 7) is 2.03. The van der Waals surface area contributed by atoms with Gasteiger partial charge in [0.05, 0.1) is 20.3 Å². The molecule has 4 heteroatoms. The minimum absolute atomic E-state index is 0.0854. The first-order chi connectivity index (χ1) is 11.7. The van der Waals surface area contributed by atoms with Crippen LogP contribution in [0.1, 0.15) is 30.5 Å². The van der Waals surface area contributed by atoms with Crippen molar-refractivity contribution in [1.29, 1.82) is 0 Å². The third-order valence-corrected chi connectivity index (χ3v) is 3.76. The van der Waals surface area contributed by atoms with Crippen molar-refractivity contribution in [3.05, 3.63) is 65.7 Å². The molecule has 0 saturated heterocycles. The van der Waals surface area contributed by atoms with Crippen molar-refractivity contribution in [3.8, 4) is 11.5 Å². The fourth-order valence-corrected chi connectivity index (χ4v) is 2.45. The SMILES string of the molecule is CC[C@H](NC(=O)/C=C/c1ccccc1)c1ccc(OC)c(OC)c1. The van der Waals surface area contributed by atoms with E-state index in [1.54, 1.807) is 26.4 Å². The van der Waals surface area contributed by atoms with Gasteiger partial charge in [0, 0.05) is 6.08 Å². The smallest absolute Gasteiger partial charge is 0.244 e. The van der Waals surface area contributed by atoms with E-state index in [-0.39, 0.29) is 11.9 Å². The summed E-state index contributed by atoms with van der Waals surface area (Å²) in [5.41, 5.74) is 1.98. The summed E-state index contributed by atoms with van der Waals surface area (Å²) in [7, 11) is 3.20. The molecule has 0 heterocycles. The standard InChI is InChI=1S/C20H23NO3/c1-4-17(16-11-12-18(23-2)19(14-16)24-3)21-20(22)13-10-15-8-6-5-7-9-15/h5-14,17H,4H2,1-3H3,(H,21,22)/b13-10+/t17-/m0/s1. The molecule has 2 rings (SSSR count). The van der Waals surface area contributed by atoms with E-state index in [1.165, 1.54) is 0 Å². The largest absolute Gasteiger partial charge is 0.493 e. The zero-order valence-electron chi connectivity index (χ0n) is 14.3. The first-order valence-electron chi connectivity index (χ1n) is 7.93. The van der Waals surface area contributed by atoms with Crippen LogP contribution in [-0.2, 0) is 4.79 Å². The molecule has 0 aromatic heterocycles. The van der Waals surface area contributed by atoms with Crippen molar-refractivity contribution >= 4 is 12.0 Å². The summed E-state index contributed by atoms with van der Waals surface area (Å²) in [4.78, 5) is 12.2. The Kier molecular flexibility index (Phi) is 6.43. The van der Waals surface area contributed by atoms with Crippen molar-refractivity contribution in [2.24, 2.45) is 0 Å². The second-order valence-corrected chi connectivity index (χ2v) is 5.33. The lowest BCUT2D eigenvalue weighted by atomic mass is 10.0. The van der Waals surface area contributed by atoms with Gasteiger partial charge in [0.2, 0.25) is 5.91 Å². The molecule has 1 atom stereocenters. The third kappa shape index (κ3) is 4.62. The van der Waals surface area contributed by atoms with Crippen LogP contribution < -0.4 is 14.8 Å². The molecule has 0 unspecified atom stereocenters. The fraction of sp³-hybridized carbons (Fsp3) is 0.250. The second-order valence-electron chi connectivity index (χ2n) is 5.33. The van der Waals surface area contributed by atoms with E-state index in [0.717, 1.165) is 17.5 Å². The first-order valence-corrected chi connectivity index (χ1v) is 7.93. The Labute approximate surface area is 143 Å².